The van der Waals surface area contributed by atoms with E-state index in [0.29, 0.717) is 10.6 Å². The lowest BCUT2D eigenvalue weighted by atomic mass is 9.95. The van der Waals surface area contributed by atoms with Crippen molar-refractivity contribution in [2.24, 2.45) is 0 Å². The van der Waals surface area contributed by atoms with Gasteiger partial charge in [0.2, 0.25) is 5.91 Å². The molecule has 0 saturated heterocycles. The molecule has 30 heavy (non-hydrogen) atoms. The molecule has 0 saturated carbocycles. The monoisotopic (exact) mass is 418 g/mol. The predicted octanol–water partition coefficient (Wildman–Crippen LogP) is 5.07. The van der Waals surface area contributed by atoms with Crippen LogP contribution in [0.15, 0.2) is 47.1 Å². The lowest BCUT2D eigenvalue weighted by Crippen LogP contribution is -2.22. The lowest BCUT2D eigenvalue weighted by Gasteiger charge is -2.12. The Labute approximate surface area is 178 Å². The van der Waals surface area contributed by atoms with Crippen LogP contribution in [0.5, 0.6) is 0 Å². The standard InChI is InChI=1S/C24H22N2O3S/c1-25-23(28)22-17-8-4-5-9-19(17)30-24(22)26-20(27)12-15-13-29-18-11-10-14-6-2-3-7-16(14)21(15)18/h2-3,6-7,10-11,13H,4-5,8-9,12H2,1H3,(H,25,28)(H,26,27). The molecule has 5 rings (SSSR count). The third-order valence-electron chi connectivity index (χ3n) is 5.77. The highest BCUT2D eigenvalue weighted by Gasteiger charge is 2.26. The average molecular weight is 419 g/mol. The molecule has 2 heterocycles. The minimum absolute atomic E-state index is 0.135. The summed E-state index contributed by atoms with van der Waals surface area (Å²) in [6.45, 7) is 0. The van der Waals surface area contributed by atoms with E-state index in [9.17, 15) is 9.59 Å². The van der Waals surface area contributed by atoms with E-state index in [0.717, 1.165) is 58.6 Å². The van der Waals surface area contributed by atoms with E-state index in [1.165, 1.54) is 16.2 Å². The van der Waals surface area contributed by atoms with Crippen molar-refractivity contribution in [3.05, 3.63) is 64.2 Å². The Morgan fingerprint density at radius 1 is 1.10 bits per heavy atom. The van der Waals surface area contributed by atoms with E-state index in [1.54, 1.807) is 13.3 Å². The van der Waals surface area contributed by atoms with Gasteiger partial charge < -0.3 is 15.1 Å². The topological polar surface area (TPSA) is 71.3 Å². The van der Waals surface area contributed by atoms with Crippen molar-refractivity contribution in [2.75, 3.05) is 12.4 Å². The molecule has 2 N–H and O–H groups in total. The molecular weight excluding hydrogens is 396 g/mol. The SMILES string of the molecule is CNC(=O)c1c(NC(=O)Cc2coc3ccc4ccccc4c23)sc2c1CCCC2. The fourth-order valence-corrected chi connectivity index (χ4v) is 5.67. The second-order valence-electron chi connectivity index (χ2n) is 7.64. The van der Waals surface area contributed by atoms with Crippen molar-refractivity contribution >= 4 is 49.9 Å². The summed E-state index contributed by atoms with van der Waals surface area (Å²) < 4.78 is 5.71. The van der Waals surface area contributed by atoms with Gasteiger partial charge in [-0.25, -0.2) is 0 Å². The fourth-order valence-electron chi connectivity index (χ4n) is 4.37. The summed E-state index contributed by atoms with van der Waals surface area (Å²) in [7, 11) is 1.63. The van der Waals surface area contributed by atoms with Crippen molar-refractivity contribution in [3.8, 4) is 0 Å². The number of anilines is 1. The Bertz CT molecular complexity index is 1280. The van der Waals surface area contributed by atoms with E-state index < -0.39 is 0 Å². The number of fused-ring (bicyclic) bond motifs is 4. The maximum atomic E-state index is 13.0. The quantitative estimate of drug-likeness (QED) is 0.486. The Balaban J connectivity index is 1.47. The largest absolute Gasteiger partial charge is 0.464 e. The maximum absolute atomic E-state index is 13.0. The average Bonchev–Trinajstić information content (AvgIpc) is 3.34. The van der Waals surface area contributed by atoms with E-state index in [-0.39, 0.29) is 18.2 Å². The molecule has 5 nitrogen and oxygen atoms in total. The highest BCUT2D eigenvalue weighted by Crippen LogP contribution is 2.38. The first kappa shape index (κ1) is 18.9. The van der Waals surface area contributed by atoms with Gasteiger partial charge in [0.25, 0.3) is 5.91 Å². The van der Waals surface area contributed by atoms with Crippen LogP contribution in [0.3, 0.4) is 0 Å². The van der Waals surface area contributed by atoms with E-state index in [1.807, 2.05) is 30.3 Å². The number of hydrogen-bond donors (Lipinski definition) is 2. The summed E-state index contributed by atoms with van der Waals surface area (Å²) in [5.41, 5.74) is 3.35. The van der Waals surface area contributed by atoms with Crippen LogP contribution < -0.4 is 10.6 Å². The van der Waals surface area contributed by atoms with Crippen LogP contribution in [-0.4, -0.2) is 18.9 Å². The third kappa shape index (κ3) is 3.17. The fraction of sp³-hybridized carbons (Fsp3) is 0.250. The number of rotatable bonds is 4. The van der Waals surface area contributed by atoms with Crippen molar-refractivity contribution in [2.45, 2.75) is 32.1 Å². The smallest absolute Gasteiger partial charge is 0.254 e. The van der Waals surface area contributed by atoms with Crippen molar-refractivity contribution in [1.82, 2.24) is 5.32 Å². The first-order valence-corrected chi connectivity index (χ1v) is 11.0. The van der Waals surface area contributed by atoms with Gasteiger partial charge in [-0.1, -0.05) is 30.3 Å². The Kier molecular flexibility index (Phi) is 4.79. The first-order valence-electron chi connectivity index (χ1n) is 10.2. The van der Waals surface area contributed by atoms with Crippen LogP contribution in [0, 0.1) is 0 Å². The van der Waals surface area contributed by atoms with Gasteiger partial charge in [-0.2, -0.15) is 0 Å². The molecule has 0 atom stereocenters. The van der Waals surface area contributed by atoms with Gasteiger partial charge in [0.1, 0.15) is 10.6 Å². The van der Waals surface area contributed by atoms with Crippen molar-refractivity contribution in [3.63, 3.8) is 0 Å². The number of carbonyl (C=O) groups is 2. The molecule has 0 fully saturated rings. The molecule has 2 aromatic carbocycles. The van der Waals surface area contributed by atoms with Gasteiger partial charge in [0.05, 0.1) is 18.2 Å². The summed E-state index contributed by atoms with van der Waals surface area (Å²) in [5.74, 6) is -0.279. The number of nitrogens with one attached hydrogen (secondary N) is 2. The summed E-state index contributed by atoms with van der Waals surface area (Å²) >= 11 is 1.54. The Morgan fingerprint density at radius 2 is 1.93 bits per heavy atom. The molecule has 1 aliphatic carbocycles. The molecule has 2 amide bonds. The zero-order valence-corrected chi connectivity index (χ0v) is 17.5. The zero-order chi connectivity index (χ0) is 20.7. The molecular formula is C24H22N2O3S. The molecule has 0 unspecified atom stereocenters. The Hall–Kier alpha value is -3.12. The highest BCUT2D eigenvalue weighted by atomic mass is 32.1. The molecule has 4 aromatic rings. The second-order valence-corrected chi connectivity index (χ2v) is 8.75. The van der Waals surface area contributed by atoms with Gasteiger partial charge in [0, 0.05) is 22.9 Å². The molecule has 0 aliphatic heterocycles. The van der Waals surface area contributed by atoms with Gasteiger partial charge >= 0.3 is 0 Å². The summed E-state index contributed by atoms with van der Waals surface area (Å²) in [5, 5.41) is 9.55. The molecule has 6 heteroatoms. The molecule has 2 aromatic heterocycles. The predicted molar refractivity (Wildman–Crippen MR) is 120 cm³/mol. The lowest BCUT2D eigenvalue weighted by molar-refractivity contribution is -0.115. The first-order chi connectivity index (χ1) is 14.7. The van der Waals surface area contributed by atoms with Crippen LogP contribution in [0.1, 0.15) is 39.2 Å². The van der Waals surface area contributed by atoms with E-state index >= 15 is 0 Å². The summed E-state index contributed by atoms with van der Waals surface area (Å²) in [4.78, 5) is 26.7. The number of hydrogen-bond acceptors (Lipinski definition) is 4. The van der Waals surface area contributed by atoms with Crippen LogP contribution >= 0.6 is 11.3 Å². The third-order valence-corrected chi connectivity index (χ3v) is 6.98. The number of carbonyl (C=O) groups excluding carboxylic acids is 2. The Morgan fingerprint density at radius 3 is 2.80 bits per heavy atom. The molecule has 0 spiro atoms. The van der Waals surface area contributed by atoms with Gasteiger partial charge in [0.15, 0.2) is 0 Å². The summed E-state index contributed by atoms with van der Waals surface area (Å²) in [6, 6.07) is 12.1. The minimum Gasteiger partial charge on any atom is -0.464 e. The second kappa shape index (κ2) is 7.61. The van der Waals surface area contributed by atoms with Crippen LogP contribution in [-0.2, 0) is 24.1 Å². The molecule has 0 bridgehead atoms. The molecule has 1 aliphatic rings. The van der Waals surface area contributed by atoms with Gasteiger partial charge in [-0.3, -0.25) is 9.59 Å². The van der Waals surface area contributed by atoms with Crippen LogP contribution in [0.25, 0.3) is 21.7 Å². The van der Waals surface area contributed by atoms with Crippen molar-refractivity contribution < 1.29 is 14.0 Å². The molecule has 152 valence electrons. The highest BCUT2D eigenvalue weighted by molar-refractivity contribution is 7.17. The number of benzene rings is 2. The van der Waals surface area contributed by atoms with Gasteiger partial charge in [-0.15, -0.1) is 11.3 Å². The van der Waals surface area contributed by atoms with E-state index in [4.69, 9.17) is 4.42 Å². The number of aryl methyl sites for hydroxylation is 1. The van der Waals surface area contributed by atoms with Gasteiger partial charge in [-0.05, 0) is 48.1 Å². The number of furan rings is 1. The number of thiophene rings is 1. The maximum Gasteiger partial charge on any atom is 0.254 e. The molecule has 0 radical (unpaired) electrons. The van der Waals surface area contributed by atoms with E-state index in [2.05, 4.69) is 16.7 Å². The van der Waals surface area contributed by atoms with Crippen molar-refractivity contribution in [1.29, 1.82) is 0 Å². The normalized spacial score (nSPS) is 13.4. The zero-order valence-electron chi connectivity index (χ0n) is 16.7. The van der Waals surface area contributed by atoms with Crippen LogP contribution in [0.4, 0.5) is 5.00 Å². The summed E-state index contributed by atoms with van der Waals surface area (Å²) in [6.07, 6.45) is 5.92. The number of amides is 2. The van der Waals surface area contributed by atoms with Crippen LogP contribution in [0.2, 0.25) is 0 Å². The minimum atomic E-state index is -0.144.